The Balaban J connectivity index is 1.49. The third-order valence-corrected chi connectivity index (χ3v) is 13.0. The maximum absolute atomic E-state index is 6.09. The smallest absolute Gasteiger partial charge is 0.0886 e. The first kappa shape index (κ1) is 37.9. The minimum Gasteiger partial charge on any atom is -0.377 e. The zero-order chi connectivity index (χ0) is 34.6. The van der Waals surface area contributed by atoms with E-state index >= 15 is 0 Å². The van der Waals surface area contributed by atoms with Crippen LogP contribution in [0.5, 0.6) is 0 Å². The molecule has 258 valence electrons. The fourth-order valence-electron chi connectivity index (χ4n) is 5.82. The molecular weight excluding hydrogens is 621 g/mol. The van der Waals surface area contributed by atoms with E-state index in [2.05, 4.69) is 114 Å². The molecule has 0 fully saturated rings. The Kier molecular flexibility index (Phi) is 14.4. The van der Waals surface area contributed by atoms with E-state index in [0.29, 0.717) is 13.2 Å². The van der Waals surface area contributed by atoms with Crippen molar-refractivity contribution in [2.24, 2.45) is 0 Å². The number of unbranched alkanes of at least 4 members (excludes halogenated alkanes) is 6. The second-order valence-electron chi connectivity index (χ2n) is 15.4. The van der Waals surface area contributed by atoms with Crippen molar-refractivity contribution in [3.8, 4) is 33.6 Å². The van der Waals surface area contributed by atoms with Crippen LogP contribution in [0.4, 0.5) is 0 Å². The van der Waals surface area contributed by atoms with Gasteiger partial charge in [0.1, 0.15) is 0 Å². The molecule has 0 bridgehead atoms. The van der Waals surface area contributed by atoms with Crippen LogP contribution >= 0.6 is 0 Å². The van der Waals surface area contributed by atoms with Crippen LogP contribution in [-0.4, -0.2) is 39.3 Å². The van der Waals surface area contributed by atoms with E-state index < -0.39 is 16.1 Å². The molecule has 0 atom stereocenters. The van der Waals surface area contributed by atoms with Gasteiger partial charge in [-0.25, -0.2) is 0 Å². The average molecular weight is 681 g/mol. The maximum atomic E-state index is 6.09. The number of benzene rings is 2. The first-order valence-corrected chi connectivity index (χ1v) is 25.4. The molecule has 0 unspecified atom stereocenters. The SMILES string of the molecule is CCCCCCOCc1cc(-c2ccc(-c3ccc(-c4cc(COCCCCCC)cc([Si](C)(C)C)c4)cn3)nc2)cc([Si](C)(C)C)c1. The molecule has 0 amide bonds. The molecule has 0 aliphatic rings. The van der Waals surface area contributed by atoms with Crippen molar-refractivity contribution in [2.75, 3.05) is 13.2 Å². The molecular formula is C42H60N2O2Si2. The first-order chi connectivity index (χ1) is 23.0. The van der Waals surface area contributed by atoms with Crippen LogP contribution in [0.3, 0.4) is 0 Å². The van der Waals surface area contributed by atoms with Crippen molar-refractivity contribution in [3.05, 3.63) is 84.2 Å². The molecule has 0 N–H and O–H groups in total. The van der Waals surface area contributed by atoms with Gasteiger partial charge in [-0.1, -0.05) is 138 Å². The van der Waals surface area contributed by atoms with Crippen LogP contribution in [0.15, 0.2) is 73.1 Å². The Hall–Kier alpha value is -2.91. The van der Waals surface area contributed by atoms with Gasteiger partial charge in [0.25, 0.3) is 0 Å². The van der Waals surface area contributed by atoms with Gasteiger partial charge in [0, 0.05) is 36.7 Å². The lowest BCUT2D eigenvalue weighted by Crippen LogP contribution is -2.37. The number of rotatable bonds is 19. The van der Waals surface area contributed by atoms with Gasteiger partial charge in [0.15, 0.2) is 0 Å². The summed E-state index contributed by atoms with van der Waals surface area (Å²) in [7, 11) is -3.03. The molecule has 0 saturated heterocycles. The fourth-order valence-corrected chi connectivity index (χ4v) is 8.24. The predicted molar refractivity (Wildman–Crippen MR) is 212 cm³/mol. The third kappa shape index (κ3) is 11.6. The Morgan fingerprint density at radius 1 is 0.479 bits per heavy atom. The number of pyridine rings is 2. The highest BCUT2D eigenvalue weighted by molar-refractivity contribution is 6.89. The molecule has 0 radical (unpaired) electrons. The van der Waals surface area contributed by atoms with Crippen LogP contribution in [0.25, 0.3) is 33.6 Å². The van der Waals surface area contributed by atoms with Crippen molar-refractivity contribution in [3.63, 3.8) is 0 Å². The molecule has 2 aromatic heterocycles. The van der Waals surface area contributed by atoms with E-state index in [1.165, 1.54) is 71.2 Å². The molecule has 0 spiro atoms. The lowest BCUT2D eigenvalue weighted by Gasteiger charge is -2.20. The van der Waals surface area contributed by atoms with Gasteiger partial charge >= 0.3 is 0 Å². The van der Waals surface area contributed by atoms with Crippen molar-refractivity contribution < 1.29 is 9.47 Å². The second-order valence-corrected chi connectivity index (χ2v) is 25.6. The Morgan fingerprint density at radius 2 is 0.896 bits per heavy atom. The van der Waals surface area contributed by atoms with Crippen LogP contribution < -0.4 is 10.4 Å². The summed E-state index contributed by atoms with van der Waals surface area (Å²) in [6.45, 7) is 21.9. The normalized spacial score (nSPS) is 12.1. The van der Waals surface area contributed by atoms with Crippen LogP contribution in [0.1, 0.15) is 76.3 Å². The predicted octanol–water partition coefficient (Wildman–Crippen LogP) is 10.8. The zero-order valence-corrected chi connectivity index (χ0v) is 33.1. The van der Waals surface area contributed by atoms with E-state index in [4.69, 9.17) is 19.4 Å². The van der Waals surface area contributed by atoms with Gasteiger partial charge < -0.3 is 9.47 Å². The fraction of sp³-hybridized carbons (Fsp3) is 0.476. The van der Waals surface area contributed by atoms with E-state index in [1.807, 2.05) is 12.4 Å². The second kappa shape index (κ2) is 18.2. The number of hydrogen-bond acceptors (Lipinski definition) is 4. The van der Waals surface area contributed by atoms with Gasteiger partial charge in [0.05, 0.1) is 40.7 Å². The minimum atomic E-state index is -1.51. The van der Waals surface area contributed by atoms with Gasteiger partial charge in [-0.3, -0.25) is 9.97 Å². The molecule has 4 aromatic rings. The summed E-state index contributed by atoms with van der Waals surface area (Å²) in [5.74, 6) is 0. The monoisotopic (exact) mass is 680 g/mol. The Labute approximate surface area is 293 Å². The lowest BCUT2D eigenvalue weighted by atomic mass is 10.0. The number of ether oxygens (including phenoxy) is 2. The van der Waals surface area contributed by atoms with Crippen LogP contribution in [-0.2, 0) is 22.7 Å². The quantitative estimate of drug-likeness (QED) is 0.0730. The molecule has 2 aromatic carbocycles. The third-order valence-electron chi connectivity index (χ3n) is 9.00. The maximum Gasteiger partial charge on any atom is 0.0886 e. The molecule has 0 saturated carbocycles. The topological polar surface area (TPSA) is 44.2 Å². The molecule has 2 heterocycles. The Morgan fingerprint density at radius 3 is 1.23 bits per heavy atom. The summed E-state index contributed by atoms with van der Waals surface area (Å²) in [4.78, 5) is 9.76. The summed E-state index contributed by atoms with van der Waals surface area (Å²) in [5.41, 5.74) is 8.95. The van der Waals surface area contributed by atoms with Crippen molar-refractivity contribution in [2.45, 2.75) is 118 Å². The van der Waals surface area contributed by atoms with Gasteiger partial charge in [0.2, 0.25) is 0 Å². The van der Waals surface area contributed by atoms with Crippen molar-refractivity contribution in [1.82, 2.24) is 9.97 Å². The van der Waals surface area contributed by atoms with Crippen LogP contribution in [0, 0.1) is 0 Å². The van der Waals surface area contributed by atoms with Gasteiger partial charge in [-0.2, -0.15) is 0 Å². The van der Waals surface area contributed by atoms with Crippen LogP contribution in [0.2, 0.25) is 39.3 Å². The van der Waals surface area contributed by atoms with E-state index in [1.54, 1.807) is 0 Å². The zero-order valence-electron chi connectivity index (χ0n) is 31.1. The minimum absolute atomic E-state index is 0.660. The largest absolute Gasteiger partial charge is 0.377 e. The van der Waals surface area contributed by atoms with Gasteiger partial charge in [-0.15, -0.1) is 0 Å². The van der Waals surface area contributed by atoms with Crippen molar-refractivity contribution >= 4 is 26.5 Å². The molecule has 0 aliphatic heterocycles. The highest BCUT2D eigenvalue weighted by Crippen LogP contribution is 2.26. The summed E-state index contributed by atoms with van der Waals surface area (Å²) in [6.07, 6.45) is 13.8. The Bertz CT molecular complexity index is 1440. The summed E-state index contributed by atoms with van der Waals surface area (Å²) >= 11 is 0. The average Bonchev–Trinajstić information content (AvgIpc) is 3.07. The molecule has 0 aliphatic carbocycles. The van der Waals surface area contributed by atoms with E-state index in [-0.39, 0.29) is 0 Å². The summed E-state index contributed by atoms with van der Waals surface area (Å²) < 4.78 is 12.2. The van der Waals surface area contributed by atoms with E-state index in [9.17, 15) is 0 Å². The highest BCUT2D eigenvalue weighted by Gasteiger charge is 2.20. The highest BCUT2D eigenvalue weighted by atomic mass is 28.3. The summed E-state index contributed by atoms with van der Waals surface area (Å²) in [6, 6.07) is 22.6. The van der Waals surface area contributed by atoms with E-state index in [0.717, 1.165) is 48.6 Å². The number of hydrogen-bond donors (Lipinski definition) is 0. The number of aromatic nitrogens is 2. The summed E-state index contributed by atoms with van der Waals surface area (Å²) in [5, 5.41) is 2.90. The molecule has 4 nitrogen and oxygen atoms in total. The molecule has 48 heavy (non-hydrogen) atoms. The molecule has 6 heteroatoms. The van der Waals surface area contributed by atoms with Crippen molar-refractivity contribution in [1.29, 1.82) is 0 Å². The standard InChI is InChI=1S/C42H60N2O2Si2/c1-9-11-13-15-21-45-31-33-23-37(27-39(25-33)47(3,4)5)35-17-19-41(43-29-35)42-20-18-36(30-44-42)38-24-34(26-40(28-38)48(6,7)8)32-46-22-16-14-12-10-2/h17-20,23-30H,9-16,21-22,31-32H2,1-8H3. The first-order valence-electron chi connectivity index (χ1n) is 18.4. The lowest BCUT2D eigenvalue weighted by molar-refractivity contribution is 0.117. The number of nitrogens with zero attached hydrogens (tertiary/aromatic N) is 2. The molecule has 4 rings (SSSR count). The van der Waals surface area contributed by atoms with Gasteiger partial charge in [-0.05, 0) is 59.4 Å².